The van der Waals surface area contributed by atoms with Crippen LogP contribution in [0.3, 0.4) is 0 Å². The maximum absolute atomic E-state index is 12.2. The van der Waals surface area contributed by atoms with Gasteiger partial charge < -0.3 is 19.7 Å². The van der Waals surface area contributed by atoms with Crippen molar-refractivity contribution in [2.45, 2.75) is 50.6 Å². The van der Waals surface area contributed by atoms with E-state index in [4.69, 9.17) is 9.47 Å². The van der Waals surface area contributed by atoms with Crippen molar-refractivity contribution < 1.29 is 29.3 Å². The lowest BCUT2D eigenvalue weighted by molar-refractivity contribution is -0.150. The lowest BCUT2D eigenvalue weighted by atomic mass is 9.69. The summed E-state index contributed by atoms with van der Waals surface area (Å²) in [5.41, 5.74) is -1.71. The van der Waals surface area contributed by atoms with Gasteiger partial charge in [-0.2, -0.15) is 0 Å². The average Bonchev–Trinajstić information content (AvgIpc) is 2.79. The van der Waals surface area contributed by atoms with E-state index in [0.29, 0.717) is 16.7 Å². The van der Waals surface area contributed by atoms with E-state index in [9.17, 15) is 19.8 Å². The molecule has 0 aromatic rings. The summed E-state index contributed by atoms with van der Waals surface area (Å²) in [5.74, 6) is -1.71. The summed E-state index contributed by atoms with van der Waals surface area (Å²) in [6.45, 7) is 4.53. The lowest BCUT2D eigenvalue weighted by Crippen LogP contribution is -2.52. The first kappa shape index (κ1) is 15.4. The molecule has 1 saturated carbocycles. The minimum Gasteiger partial charge on any atom is -0.453 e. The number of ketones is 1. The minimum atomic E-state index is -1.57. The summed E-state index contributed by atoms with van der Waals surface area (Å²) in [5, 5.41) is 21.9. The van der Waals surface area contributed by atoms with Crippen LogP contribution >= 0.6 is 0 Å². The summed E-state index contributed by atoms with van der Waals surface area (Å²) < 4.78 is 10.6. The van der Waals surface area contributed by atoms with E-state index in [1.54, 1.807) is 19.9 Å². The highest BCUT2D eigenvalue weighted by Crippen LogP contribution is 2.54. The molecule has 2 N–H and O–H groups in total. The fraction of sp³-hybridized carbons (Fsp3) is 0.625. The van der Waals surface area contributed by atoms with E-state index in [0.717, 1.165) is 0 Å². The number of esters is 1. The van der Waals surface area contributed by atoms with Crippen molar-refractivity contribution in [2.75, 3.05) is 7.11 Å². The van der Waals surface area contributed by atoms with E-state index < -0.39 is 35.3 Å². The molecule has 0 aromatic heterocycles. The Morgan fingerprint density at radius 3 is 2.64 bits per heavy atom. The van der Waals surface area contributed by atoms with Crippen LogP contribution in [0.4, 0.5) is 0 Å². The molecule has 3 aliphatic rings. The number of methoxy groups -OCH3 is 1. The molecule has 6 heteroatoms. The van der Waals surface area contributed by atoms with Gasteiger partial charge in [-0.1, -0.05) is 0 Å². The molecule has 1 aliphatic heterocycles. The average molecular weight is 308 g/mol. The predicted molar refractivity (Wildman–Crippen MR) is 75.8 cm³/mol. The standard InChI is InChI=1S/C16H20O6/c1-7-9-5-10-15(3,19)11(21-4)6-16(10,20)12(8(2)17)13(9)22-14(7)18/h5,11-13,19-20H,6H2,1-4H3/t11-,12+,13-,15+,16+/m0/s1. The summed E-state index contributed by atoms with van der Waals surface area (Å²) in [6.07, 6.45) is 0.238. The molecule has 0 amide bonds. The number of Topliss-reactive ketones (excluding diaryl/α,β-unsaturated/α-hetero) is 1. The van der Waals surface area contributed by atoms with Crippen molar-refractivity contribution in [1.29, 1.82) is 0 Å². The van der Waals surface area contributed by atoms with Crippen molar-refractivity contribution >= 4 is 11.8 Å². The van der Waals surface area contributed by atoms with Crippen LogP contribution in [0.2, 0.25) is 0 Å². The monoisotopic (exact) mass is 308 g/mol. The van der Waals surface area contributed by atoms with Gasteiger partial charge in [0.2, 0.25) is 0 Å². The van der Waals surface area contributed by atoms with Gasteiger partial charge in [0, 0.05) is 24.7 Å². The molecule has 1 heterocycles. The topological polar surface area (TPSA) is 93.1 Å². The Labute approximate surface area is 128 Å². The van der Waals surface area contributed by atoms with Gasteiger partial charge in [-0.3, -0.25) is 4.79 Å². The van der Waals surface area contributed by atoms with E-state index in [1.807, 2.05) is 0 Å². The van der Waals surface area contributed by atoms with Gasteiger partial charge in [0.1, 0.15) is 23.1 Å². The second-order valence-corrected chi connectivity index (χ2v) is 6.55. The second kappa shape index (κ2) is 4.50. The van der Waals surface area contributed by atoms with Crippen LogP contribution in [0.5, 0.6) is 0 Å². The fourth-order valence-electron chi connectivity index (χ4n) is 4.07. The molecule has 0 bridgehead atoms. The highest BCUT2D eigenvalue weighted by atomic mass is 16.6. The van der Waals surface area contributed by atoms with Gasteiger partial charge >= 0.3 is 5.97 Å². The van der Waals surface area contributed by atoms with Crippen LogP contribution < -0.4 is 0 Å². The number of rotatable bonds is 2. The van der Waals surface area contributed by atoms with E-state index in [2.05, 4.69) is 0 Å². The third kappa shape index (κ3) is 1.71. The number of ether oxygens (including phenoxy) is 2. The van der Waals surface area contributed by atoms with Gasteiger partial charge in [0.25, 0.3) is 0 Å². The van der Waals surface area contributed by atoms with Crippen molar-refractivity contribution in [2.24, 2.45) is 5.92 Å². The molecule has 1 fully saturated rings. The van der Waals surface area contributed by atoms with Crippen LogP contribution in [0.1, 0.15) is 27.2 Å². The van der Waals surface area contributed by atoms with Crippen LogP contribution in [-0.2, 0) is 19.1 Å². The smallest absolute Gasteiger partial charge is 0.334 e. The molecule has 0 spiro atoms. The van der Waals surface area contributed by atoms with Crippen molar-refractivity contribution in [3.63, 3.8) is 0 Å². The van der Waals surface area contributed by atoms with Crippen molar-refractivity contribution in [1.82, 2.24) is 0 Å². The molecule has 0 aromatic carbocycles. The Morgan fingerprint density at radius 1 is 1.45 bits per heavy atom. The molecular weight excluding hydrogens is 288 g/mol. The van der Waals surface area contributed by atoms with Gasteiger partial charge in [0.05, 0.1) is 12.0 Å². The molecule has 3 rings (SSSR count). The van der Waals surface area contributed by atoms with Crippen LogP contribution in [0, 0.1) is 5.92 Å². The summed E-state index contributed by atoms with van der Waals surface area (Å²) >= 11 is 0. The number of hydrogen-bond donors (Lipinski definition) is 2. The molecular formula is C16H20O6. The lowest BCUT2D eigenvalue weighted by Gasteiger charge is -2.41. The Bertz CT molecular complexity index is 629. The molecule has 0 radical (unpaired) electrons. The number of carbonyl (C=O) groups excluding carboxylic acids is 2. The Morgan fingerprint density at radius 2 is 2.09 bits per heavy atom. The fourth-order valence-corrected chi connectivity index (χ4v) is 4.07. The van der Waals surface area contributed by atoms with E-state index >= 15 is 0 Å². The van der Waals surface area contributed by atoms with Crippen LogP contribution in [0.25, 0.3) is 0 Å². The quantitative estimate of drug-likeness (QED) is 0.712. The highest BCUT2D eigenvalue weighted by molar-refractivity contribution is 5.95. The summed E-state index contributed by atoms with van der Waals surface area (Å²) in [4.78, 5) is 24.0. The Hall–Kier alpha value is -1.50. The third-order valence-electron chi connectivity index (χ3n) is 5.25. The van der Waals surface area contributed by atoms with Gasteiger partial charge in [-0.25, -0.2) is 4.79 Å². The zero-order chi connectivity index (χ0) is 16.4. The van der Waals surface area contributed by atoms with E-state index in [1.165, 1.54) is 14.0 Å². The van der Waals surface area contributed by atoms with Crippen molar-refractivity contribution in [3.05, 3.63) is 22.8 Å². The molecule has 0 saturated heterocycles. The number of aliphatic hydroxyl groups is 2. The highest BCUT2D eigenvalue weighted by Gasteiger charge is 2.65. The minimum absolute atomic E-state index is 0.0763. The molecule has 5 atom stereocenters. The van der Waals surface area contributed by atoms with Crippen molar-refractivity contribution in [3.8, 4) is 0 Å². The molecule has 22 heavy (non-hydrogen) atoms. The third-order valence-corrected chi connectivity index (χ3v) is 5.25. The summed E-state index contributed by atoms with van der Waals surface area (Å²) in [6, 6.07) is 0. The summed E-state index contributed by atoms with van der Waals surface area (Å²) in [7, 11) is 1.45. The number of carbonyl (C=O) groups is 2. The predicted octanol–water partition coefficient (Wildman–Crippen LogP) is 0.274. The number of hydrogen-bond acceptors (Lipinski definition) is 6. The maximum Gasteiger partial charge on any atom is 0.334 e. The normalized spacial score (nSPS) is 43.6. The van der Waals surface area contributed by atoms with Gasteiger partial charge in [-0.05, 0) is 32.4 Å². The zero-order valence-electron chi connectivity index (χ0n) is 13.0. The molecule has 0 unspecified atom stereocenters. The second-order valence-electron chi connectivity index (χ2n) is 6.55. The van der Waals surface area contributed by atoms with E-state index in [-0.39, 0.29) is 12.2 Å². The maximum atomic E-state index is 12.2. The van der Waals surface area contributed by atoms with Gasteiger partial charge in [0.15, 0.2) is 0 Å². The molecule has 120 valence electrons. The first-order chi connectivity index (χ1) is 10.1. The Balaban J connectivity index is 2.24. The van der Waals surface area contributed by atoms with Crippen LogP contribution in [0.15, 0.2) is 22.8 Å². The van der Waals surface area contributed by atoms with Gasteiger partial charge in [-0.15, -0.1) is 0 Å². The number of fused-ring (bicyclic) bond motifs is 2. The molecule has 2 aliphatic carbocycles. The first-order valence-corrected chi connectivity index (χ1v) is 7.27. The zero-order valence-corrected chi connectivity index (χ0v) is 13.0. The first-order valence-electron chi connectivity index (χ1n) is 7.27. The largest absolute Gasteiger partial charge is 0.453 e. The Kier molecular flexibility index (Phi) is 3.15. The van der Waals surface area contributed by atoms with Crippen LogP contribution in [-0.4, -0.2) is 52.5 Å². The SMILES string of the molecule is CO[C@H]1C[C@@]2(O)C(=CC3=C(C)C(=O)O[C@@H]3[C@H]2C(C)=O)[C@@]1(C)O. The molecule has 6 nitrogen and oxygen atoms in total.